The molecule has 3 nitrogen and oxygen atoms in total. The van der Waals surface area contributed by atoms with Crippen molar-refractivity contribution in [3.8, 4) is 6.07 Å². The Hall–Kier alpha value is -0.590. The highest BCUT2D eigenvalue weighted by atomic mass is 15.2. The van der Waals surface area contributed by atoms with Crippen molar-refractivity contribution in [1.29, 1.82) is 5.26 Å². The summed E-state index contributed by atoms with van der Waals surface area (Å²) in [5.41, 5.74) is -0.241. The standard InChI is InChI=1S/C13H23N3/c1-3-11-5-7-16(9-11)12-4-6-13(8-12,10-14)15-2/h11-12,15H,3-9H2,1-2H3. The second-order valence-corrected chi connectivity index (χ2v) is 5.40. The van der Waals surface area contributed by atoms with E-state index in [1.165, 1.54) is 32.4 Å². The van der Waals surface area contributed by atoms with Crippen LogP contribution in [0.4, 0.5) is 0 Å². The van der Waals surface area contributed by atoms with E-state index in [4.69, 9.17) is 0 Å². The zero-order valence-corrected chi connectivity index (χ0v) is 10.5. The molecule has 0 amide bonds. The maximum absolute atomic E-state index is 9.24. The minimum absolute atomic E-state index is 0.241. The Bertz CT molecular complexity index is 283. The van der Waals surface area contributed by atoms with Crippen molar-refractivity contribution in [2.75, 3.05) is 20.1 Å². The van der Waals surface area contributed by atoms with Crippen LogP contribution in [0.15, 0.2) is 0 Å². The number of hydrogen-bond donors (Lipinski definition) is 1. The molecule has 1 aliphatic heterocycles. The van der Waals surface area contributed by atoms with Gasteiger partial charge in [-0.05, 0) is 45.2 Å². The van der Waals surface area contributed by atoms with Crippen molar-refractivity contribution in [2.45, 2.75) is 50.6 Å². The summed E-state index contributed by atoms with van der Waals surface area (Å²) in [6.45, 7) is 4.79. The lowest BCUT2D eigenvalue weighted by Gasteiger charge is -2.26. The van der Waals surface area contributed by atoms with Crippen LogP contribution in [0.2, 0.25) is 0 Å². The topological polar surface area (TPSA) is 39.1 Å². The van der Waals surface area contributed by atoms with Gasteiger partial charge >= 0.3 is 0 Å². The Kier molecular flexibility index (Phi) is 3.51. The Morgan fingerprint density at radius 3 is 2.81 bits per heavy atom. The third-order valence-corrected chi connectivity index (χ3v) is 4.59. The van der Waals surface area contributed by atoms with Gasteiger partial charge in [-0.25, -0.2) is 0 Å². The van der Waals surface area contributed by atoms with Gasteiger partial charge in [0.05, 0.1) is 6.07 Å². The van der Waals surface area contributed by atoms with Crippen molar-refractivity contribution in [2.24, 2.45) is 5.92 Å². The third-order valence-electron chi connectivity index (χ3n) is 4.59. The number of nitriles is 1. The number of nitrogens with one attached hydrogen (secondary N) is 1. The molecule has 0 bridgehead atoms. The highest BCUT2D eigenvalue weighted by Gasteiger charge is 2.41. The molecule has 16 heavy (non-hydrogen) atoms. The van der Waals surface area contributed by atoms with Crippen LogP contribution in [0, 0.1) is 17.2 Å². The van der Waals surface area contributed by atoms with E-state index in [1.54, 1.807) is 0 Å². The first kappa shape index (κ1) is 11.9. The van der Waals surface area contributed by atoms with Gasteiger partial charge in [0.2, 0.25) is 0 Å². The first-order chi connectivity index (χ1) is 7.73. The van der Waals surface area contributed by atoms with E-state index in [-0.39, 0.29) is 5.54 Å². The molecule has 0 spiro atoms. The summed E-state index contributed by atoms with van der Waals surface area (Å²) in [5.74, 6) is 0.895. The van der Waals surface area contributed by atoms with Crippen LogP contribution in [0.3, 0.4) is 0 Å². The average Bonchev–Trinajstić information content (AvgIpc) is 2.96. The van der Waals surface area contributed by atoms with Gasteiger partial charge in [0, 0.05) is 12.6 Å². The quantitative estimate of drug-likeness (QED) is 0.789. The molecule has 3 unspecified atom stereocenters. The third kappa shape index (κ3) is 2.09. The minimum atomic E-state index is -0.241. The van der Waals surface area contributed by atoms with Crippen molar-refractivity contribution >= 4 is 0 Å². The molecule has 3 heteroatoms. The number of rotatable bonds is 3. The van der Waals surface area contributed by atoms with Crippen LogP contribution in [-0.4, -0.2) is 36.6 Å². The van der Waals surface area contributed by atoms with E-state index in [1.807, 2.05) is 7.05 Å². The zero-order chi connectivity index (χ0) is 11.6. The fourth-order valence-corrected chi connectivity index (χ4v) is 3.24. The van der Waals surface area contributed by atoms with Crippen LogP contribution in [-0.2, 0) is 0 Å². The van der Waals surface area contributed by atoms with Gasteiger partial charge in [0.1, 0.15) is 5.54 Å². The first-order valence-electron chi connectivity index (χ1n) is 6.57. The lowest BCUT2D eigenvalue weighted by Crippen LogP contribution is -2.41. The largest absolute Gasteiger partial charge is 0.302 e. The lowest BCUT2D eigenvalue weighted by molar-refractivity contribution is 0.229. The van der Waals surface area contributed by atoms with Crippen molar-refractivity contribution < 1.29 is 0 Å². The molecule has 0 aromatic heterocycles. The molecule has 2 aliphatic rings. The van der Waals surface area contributed by atoms with Gasteiger partial charge in [-0.2, -0.15) is 5.26 Å². The molecule has 2 fully saturated rings. The molecule has 1 saturated carbocycles. The maximum Gasteiger partial charge on any atom is 0.108 e. The smallest absolute Gasteiger partial charge is 0.108 e. The first-order valence-corrected chi connectivity index (χ1v) is 6.57. The summed E-state index contributed by atoms with van der Waals surface area (Å²) in [7, 11) is 1.92. The molecule has 1 heterocycles. The monoisotopic (exact) mass is 221 g/mol. The zero-order valence-electron chi connectivity index (χ0n) is 10.5. The summed E-state index contributed by atoms with van der Waals surface area (Å²) in [6, 6.07) is 3.11. The van der Waals surface area contributed by atoms with Crippen LogP contribution >= 0.6 is 0 Å². The fourth-order valence-electron chi connectivity index (χ4n) is 3.24. The van der Waals surface area contributed by atoms with Crippen molar-refractivity contribution in [3.63, 3.8) is 0 Å². The van der Waals surface area contributed by atoms with E-state index in [2.05, 4.69) is 23.2 Å². The van der Waals surface area contributed by atoms with Crippen LogP contribution in [0.25, 0.3) is 0 Å². The van der Waals surface area contributed by atoms with Crippen LogP contribution in [0.5, 0.6) is 0 Å². The number of likely N-dealkylation sites (tertiary alicyclic amines) is 1. The molecule has 90 valence electrons. The normalized spacial score (nSPS) is 40.1. The number of nitrogens with zero attached hydrogens (tertiary/aromatic N) is 2. The van der Waals surface area contributed by atoms with E-state index in [0.717, 1.165) is 18.8 Å². The fraction of sp³-hybridized carbons (Fsp3) is 0.923. The highest BCUT2D eigenvalue weighted by Crippen LogP contribution is 2.35. The van der Waals surface area contributed by atoms with Gasteiger partial charge in [0.25, 0.3) is 0 Å². The van der Waals surface area contributed by atoms with Crippen LogP contribution in [0.1, 0.15) is 39.0 Å². The molecule has 1 saturated heterocycles. The van der Waals surface area contributed by atoms with Crippen molar-refractivity contribution in [3.05, 3.63) is 0 Å². The molecular weight excluding hydrogens is 198 g/mol. The van der Waals surface area contributed by atoms with Crippen molar-refractivity contribution in [1.82, 2.24) is 10.2 Å². The molecule has 0 aromatic rings. The SMILES string of the molecule is CCC1CCN(C2CCC(C#N)(NC)C2)C1. The molecular formula is C13H23N3. The summed E-state index contributed by atoms with van der Waals surface area (Å²) < 4.78 is 0. The minimum Gasteiger partial charge on any atom is -0.302 e. The summed E-state index contributed by atoms with van der Waals surface area (Å²) in [4.78, 5) is 2.62. The second-order valence-electron chi connectivity index (χ2n) is 5.40. The molecule has 1 aliphatic carbocycles. The Morgan fingerprint density at radius 1 is 1.50 bits per heavy atom. The maximum atomic E-state index is 9.24. The summed E-state index contributed by atoms with van der Waals surface area (Å²) in [5, 5.41) is 12.5. The molecule has 1 N–H and O–H groups in total. The van der Waals surface area contributed by atoms with Crippen LogP contribution < -0.4 is 5.32 Å². The average molecular weight is 221 g/mol. The summed E-state index contributed by atoms with van der Waals surface area (Å²) in [6.07, 6.45) is 5.87. The summed E-state index contributed by atoms with van der Waals surface area (Å²) >= 11 is 0. The second kappa shape index (κ2) is 4.73. The number of hydrogen-bond acceptors (Lipinski definition) is 3. The predicted octanol–water partition coefficient (Wildman–Crippen LogP) is 1.75. The van der Waals surface area contributed by atoms with Gasteiger partial charge in [-0.1, -0.05) is 13.3 Å². The predicted molar refractivity (Wildman–Crippen MR) is 65.0 cm³/mol. The molecule has 3 atom stereocenters. The van der Waals surface area contributed by atoms with Gasteiger partial charge in [-0.3, -0.25) is 4.90 Å². The highest BCUT2D eigenvalue weighted by molar-refractivity contribution is 5.13. The molecule has 2 rings (SSSR count). The lowest BCUT2D eigenvalue weighted by atomic mass is 10.00. The van der Waals surface area contributed by atoms with E-state index < -0.39 is 0 Å². The van der Waals surface area contributed by atoms with E-state index in [0.29, 0.717) is 6.04 Å². The van der Waals surface area contributed by atoms with E-state index in [9.17, 15) is 5.26 Å². The van der Waals surface area contributed by atoms with Gasteiger partial charge in [-0.15, -0.1) is 0 Å². The van der Waals surface area contributed by atoms with Gasteiger partial charge < -0.3 is 5.32 Å². The Balaban J connectivity index is 1.92. The Labute approximate surface area is 98.8 Å². The van der Waals surface area contributed by atoms with E-state index >= 15 is 0 Å². The Morgan fingerprint density at radius 2 is 2.31 bits per heavy atom. The van der Waals surface area contributed by atoms with Gasteiger partial charge in [0.15, 0.2) is 0 Å². The molecule has 0 aromatic carbocycles. The molecule has 0 radical (unpaired) electrons.